The van der Waals surface area contributed by atoms with Crippen molar-refractivity contribution in [3.8, 4) is 11.5 Å². The van der Waals surface area contributed by atoms with Crippen LogP contribution in [-0.4, -0.2) is 27.9 Å². The zero-order chi connectivity index (χ0) is 22.0. The average Bonchev–Trinajstić information content (AvgIpc) is 2.69. The lowest BCUT2D eigenvalue weighted by atomic mass is 9.73. The smallest absolute Gasteiger partial charge is 0.411 e. The molecule has 0 aromatic heterocycles. The highest BCUT2D eigenvalue weighted by Crippen LogP contribution is 2.56. The van der Waals surface area contributed by atoms with Gasteiger partial charge in [-0.15, -0.1) is 20.7 Å². The Morgan fingerprint density at radius 1 is 0.767 bits per heavy atom. The standard InChI is InChI=1S/C21H17F6IO2/c1-29-16-6-2-14(3-7-16)19(20(22,23)24,21(25,26)27)15-4-8-17(9-5-15)30-18-10-12-28-13-11-18/h2-10,12H,11,13H2,1H3. The van der Waals surface area contributed by atoms with Crippen molar-refractivity contribution < 1.29 is 35.8 Å². The highest BCUT2D eigenvalue weighted by Gasteiger charge is 2.72. The van der Waals surface area contributed by atoms with Crippen molar-refractivity contribution in [3.05, 3.63) is 71.5 Å². The first-order valence-corrected chi connectivity index (χ1v) is 11.5. The zero-order valence-corrected chi connectivity index (χ0v) is 17.8. The van der Waals surface area contributed by atoms with E-state index < -0.39 is 28.9 Å². The van der Waals surface area contributed by atoms with Gasteiger partial charge in [0, 0.05) is 10.8 Å². The molecular formula is C21H17F6IO2. The fraction of sp³-hybridized carbons (Fsp3) is 0.286. The van der Waals surface area contributed by atoms with Crippen molar-refractivity contribution in [1.82, 2.24) is 0 Å². The SMILES string of the molecule is COc1ccc(C(c2ccc(OC3=CC=ICC3)cc2)(C(F)(F)F)C(F)(F)F)cc1. The van der Waals surface area contributed by atoms with Gasteiger partial charge < -0.3 is 9.47 Å². The molecule has 0 bridgehead atoms. The van der Waals surface area contributed by atoms with Crippen LogP contribution in [0.3, 0.4) is 0 Å². The molecule has 1 heterocycles. The number of ether oxygens (including phenoxy) is 2. The van der Waals surface area contributed by atoms with E-state index in [2.05, 4.69) is 0 Å². The van der Waals surface area contributed by atoms with Gasteiger partial charge in [-0.3, -0.25) is 0 Å². The fourth-order valence-electron chi connectivity index (χ4n) is 3.24. The Balaban J connectivity index is 2.09. The van der Waals surface area contributed by atoms with Crippen LogP contribution in [0.2, 0.25) is 0 Å². The molecule has 1 aliphatic rings. The summed E-state index contributed by atoms with van der Waals surface area (Å²) in [7, 11) is 1.27. The minimum atomic E-state index is -5.63. The molecule has 0 saturated heterocycles. The Hall–Kier alpha value is -2.04. The molecule has 30 heavy (non-hydrogen) atoms. The third-order valence-electron chi connectivity index (χ3n) is 4.70. The van der Waals surface area contributed by atoms with E-state index in [1.54, 1.807) is 6.08 Å². The first kappa shape index (κ1) is 22.6. The summed E-state index contributed by atoms with van der Waals surface area (Å²) in [5.41, 5.74) is -6.06. The largest absolute Gasteiger partial charge is 0.497 e. The molecule has 0 fully saturated rings. The summed E-state index contributed by atoms with van der Waals surface area (Å²) in [6, 6.07) is 7.64. The van der Waals surface area contributed by atoms with Crippen LogP contribution in [0, 0.1) is 0 Å². The first-order valence-electron chi connectivity index (χ1n) is 8.76. The van der Waals surface area contributed by atoms with Crippen molar-refractivity contribution in [2.45, 2.75) is 24.2 Å². The average molecular weight is 542 g/mol. The van der Waals surface area contributed by atoms with Gasteiger partial charge in [0.2, 0.25) is 5.41 Å². The van der Waals surface area contributed by atoms with Crippen molar-refractivity contribution >= 4 is 24.7 Å². The number of hydrogen-bond acceptors (Lipinski definition) is 2. The summed E-state index contributed by atoms with van der Waals surface area (Å²) in [6.07, 6.45) is -8.76. The van der Waals surface area contributed by atoms with E-state index >= 15 is 0 Å². The van der Waals surface area contributed by atoms with Crippen LogP contribution in [0.25, 0.3) is 0 Å². The maximum Gasteiger partial charge on any atom is 0.411 e. The molecule has 2 aromatic rings. The minimum absolute atomic E-state index is 0.00695. The van der Waals surface area contributed by atoms with E-state index in [-0.39, 0.29) is 32.2 Å². The Bertz CT molecular complexity index is 914. The predicted molar refractivity (Wildman–Crippen MR) is 111 cm³/mol. The molecule has 3 rings (SSSR count). The molecular weight excluding hydrogens is 525 g/mol. The van der Waals surface area contributed by atoms with Gasteiger partial charge in [-0.05, 0) is 45.5 Å². The first-order chi connectivity index (χ1) is 14.1. The van der Waals surface area contributed by atoms with Crippen molar-refractivity contribution in [2.75, 3.05) is 11.5 Å². The molecule has 162 valence electrons. The molecule has 2 nitrogen and oxygen atoms in total. The lowest BCUT2D eigenvalue weighted by molar-refractivity contribution is -0.288. The minimum Gasteiger partial charge on any atom is -0.497 e. The van der Waals surface area contributed by atoms with Crippen LogP contribution in [0.15, 0.2) is 60.4 Å². The van der Waals surface area contributed by atoms with Gasteiger partial charge in [-0.2, -0.15) is 26.3 Å². The summed E-state index contributed by atoms with van der Waals surface area (Å²) in [4.78, 5) is 0. The highest BCUT2D eigenvalue weighted by atomic mass is 127. The summed E-state index contributed by atoms with van der Waals surface area (Å²) in [5, 5.41) is 0. The van der Waals surface area contributed by atoms with E-state index in [0.29, 0.717) is 12.2 Å². The molecule has 0 saturated carbocycles. The Morgan fingerprint density at radius 3 is 1.67 bits per heavy atom. The molecule has 0 radical (unpaired) electrons. The van der Waals surface area contributed by atoms with Gasteiger partial charge in [0.05, 0.1) is 7.11 Å². The van der Waals surface area contributed by atoms with Gasteiger partial charge in [0.25, 0.3) is 0 Å². The number of benzene rings is 2. The maximum absolute atomic E-state index is 14.1. The third kappa shape index (κ3) is 4.21. The van der Waals surface area contributed by atoms with Crippen LogP contribution in [0.4, 0.5) is 26.3 Å². The number of rotatable bonds is 5. The Labute approximate surface area is 179 Å². The zero-order valence-electron chi connectivity index (χ0n) is 15.6. The van der Waals surface area contributed by atoms with Crippen LogP contribution in [0.5, 0.6) is 11.5 Å². The number of hydrogen-bond donors (Lipinski definition) is 0. The maximum atomic E-state index is 14.1. The number of allylic oxidation sites excluding steroid dienone is 2. The van der Waals surface area contributed by atoms with Crippen LogP contribution in [0.1, 0.15) is 17.5 Å². The lowest BCUT2D eigenvalue weighted by Crippen LogP contribution is -2.54. The highest BCUT2D eigenvalue weighted by molar-refractivity contribution is 14.2. The second-order valence-electron chi connectivity index (χ2n) is 6.45. The molecule has 0 atom stereocenters. The molecule has 2 aromatic carbocycles. The molecule has 0 amide bonds. The summed E-state index contributed by atoms with van der Waals surface area (Å²) < 4.78 is 98.1. The molecule has 9 heteroatoms. The quantitative estimate of drug-likeness (QED) is 0.243. The normalized spacial score (nSPS) is 15.2. The van der Waals surface area contributed by atoms with Gasteiger partial charge in [-0.1, -0.05) is 24.3 Å². The van der Waals surface area contributed by atoms with Crippen LogP contribution >= 0.6 is 20.7 Å². The van der Waals surface area contributed by atoms with Crippen molar-refractivity contribution in [3.63, 3.8) is 0 Å². The van der Waals surface area contributed by atoms with Gasteiger partial charge >= 0.3 is 12.4 Å². The van der Waals surface area contributed by atoms with E-state index in [1.807, 2.05) is 4.01 Å². The monoisotopic (exact) mass is 542 g/mol. The topological polar surface area (TPSA) is 18.5 Å². The molecule has 0 spiro atoms. The van der Waals surface area contributed by atoms with Crippen LogP contribution < -0.4 is 9.47 Å². The van der Waals surface area contributed by atoms with Gasteiger partial charge in [-0.25, -0.2) is 0 Å². The van der Waals surface area contributed by atoms with Gasteiger partial charge in [0.1, 0.15) is 17.3 Å². The second-order valence-corrected chi connectivity index (χ2v) is 9.13. The van der Waals surface area contributed by atoms with E-state index in [4.69, 9.17) is 9.47 Å². The Morgan fingerprint density at radius 2 is 1.27 bits per heavy atom. The molecule has 0 aliphatic carbocycles. The number of methoxy groups -OCH3 is 1. The number of halogens is 7. The van der Waals surface area contributed by atoms with Crippen molar-refractivity contribution in [2.24, 2.45) is 0 Å². The number of alkyl halides is 7. The Kier molecular flexibility index (Phi) is 6.49. The lowest BCUT2D eigenvalue weighted by Gasteiger charge is -2.38. The van der Waals surface area contributed by atoms with E-state index in [0.717, 1.165) is 53.0 Å². The second kappa shape index (κ2) is 8.60. The predicted octanol–water partition coefficient (Wildman–Crippen LogP) is 6.55. The van der Waals surface area contributed by atoms with Crippen molar-refractivity contribution in [1.29, 1.82) is 0 Å². The third-order valence-corrected chi connectivity index (χ3v) is 6.73. The summed E-state index contributed by atoms with van der Waals surface area (Å²) >= 11 is -0.00695. The summed E-state index contributed by atoms with van der Waals surface area (Å²) in [6.45, 7) is 0. The molecule has 1 aliphatic heterocycles. The summed E-state index contributed by atoms with van der Waals surface area (Å²) in [5.74, 6) is 0.981. The van der Waals surface area contributed by atoms with E-state index in [9.17, 15) is 26.3 Å². The molecule has 0 unspecified atom stereocenters. The van der Waals surface area contributed by atoms with E-state index in [1.165, 1.54) is 7.11 Å². The van der Waals surface area contributed by atoms with Crippen LogP contribution in [-0.2, 0) is 5.41 Å². The fourth-order valence-corrected chi connectivity index (χ4v) is 5.10. The molecule has 0 N–H and O–H groups in total. The van der Waals surface area contributed by atoms with Gasteiger partial charge in [0.15, 0.2) is 0 Å².